The molecular formula is C21H27ClN2O. The molecule has 0 radical (unpaired) electrons. The SMILES string of the molecule is Cc1ccc(C(NC(=O)[C@@H]2CCC[C@@H]2CN)c2ccccc2)cc1.Cl. The van der Waals surface area contributed by atoms with Crippen molar-refractivity contribution < 1.29 is 4.79 Å². The summed E-state index contributed by atoms with van der Waals surface area (Å²) in [4.78, 5) is 12.9. The molecule has 0 aliphatic heterocycles. The van der Waals surface area contributed by atoms with Gasteiger partial charge >= 0.3 is 0 Å². The lowest BCUT2D eigenvalue weighted by Crippen LogP contribution is -2.37. The normalized spacial score (nSPS) is 20.6. The molecule has 1 saturated carbocycles. The molecule has 3 nitrogen and oxygen atoms in total. The third-order valence-electron chi connectivity index (χ3n) is 5.13. The molecule has 0 saturated heterocycles. The summed E-state index contributed by atoms with van der Waals surface area (Å²) in [5, 5.41) is 3.28. The third kappa shape index (κ3) is 4.62. The van der Waals surface area contributed by atoms with E-state index in [-0.39, 0.29) is 30.3 Å². The smallest absolute Gasteiger partial charge is 0.224 e. The summed E-state index contributed by atoms with van der Waals surface area (Å²) >= 11 is 0. The zero-order valence-electron chi connectivity index (χ0n) is 14.7. The van der Waals surface area contributed by atoms with E-state index in [1.165, 1.54) is 5.56 Å². The molecule has 1 aliphatic carbocycles. The van der Waals surface area contributed by atoms with Crippen LogP contribution in [-0.2, 0) is 4.79 Å². The van der Waals surface area contributed by atoms with Crippen LogP contribution in [0.4, 0.5) is 0 Å². The van der Waals surface area contributed by atoms with Gasteiger partial charge in [0.15, 0.2) is 0 Å². The van der Waals surface area contributed by atoms with Gasteiger partial charge in [0, 0.05) is 5.92 Å². The quantitative estimate of drug-likeness (QED) is 0.848. The van der Waals surface area contributed by atoms with Gasteiger partial charge in [-0.15, -0.1) is 12.4 Å². The minimum absolute atomic E-state index is 0. The minimum Gasteiger partial charge on any atom is -0.345 e. The van der Waals surface area contributed by atoms with Crippen molar-refractivity contribution >= 4 is 18.3 Å². The van der Waals surface area contributed by atoms with Crippen molar-refractivity contribution in [1.29, 1.82) is 0 Å². The van der Waals surface area contributed by atoms with E-state index in [9.17, 15) is 4.79 Å². The Kier molecular flexibility index (Phi) is 7.03. The fourth-order valence-electron chi connectivity index (χ4n) is 3.68. The van der Waals surface area contributed by atoms with E-state index >= 15 is 0 Å². The van der Waals surface area contributed by atoms with E-state index in [2.05, 4.69) is 48.6 Å². The van der Waals surface area contributed by atoms with Gasteiger partial charge in [-0.05, 0) is 43.4 Å². The number of benzene rings is 2. The first kappa shape index (κ1) is 19.5. The van der Waals surface area contributed by atoms with Crippen molar-refractivity contribution in [2.24, 2.45) is 17.6 Å². The Hall–Kier alpha value is -1.84. The molecular weight excluding hydrogens is 332 g/mol. The molecule has 25 heavy (non-hydrogen) atoms. The fourth-order valence-corrected chi connectivity index (χ4v) is 3.68. The number of nitrogens with one attached hydrogen (secondary N) is 1. The van der Waals surface area contributed by atoms with Crippen molar-refractivity contribution in [1.82, 2.24) is 5.32 Å². The molecule has 0 bridgehead atoms. The van der Waals surface area contributed by atoms with Crippen LogP contribution in [0.5, 0.6) is 0 Å². The third-order valence-corrected chi connectivity index (χ3v) is 5.13. The van der Waals surface area contributed by atoms with Gasteiger partial charge in [0.05, 0.1) is 6.04 Å². The van der Waals surface area contributed by atoms with E-state index in [4.69, 9.17) is 5.73 Å². The summed E-state index contributed by atoms with van der Waals surface area (Å²) in [6.07, 6.45) is 3.11. The number of amides is 1. The predicted molar refractivity (Wildman–Crippen MR) is 105 cm³/mol. The van der Waals surface area contributed by atoms with E-state index in [0.717, 1.165) is 30.4 Å². The number of aryl methyl sites for hydroxylation is 1. The Bertz CT molecular complexity index is 672. The van der Waals surface area contributed by atoms with Crippen LogP contribution in [0.1, 0.15) is 42.0 Å². The Morgan fingerprint density at radius 1 is 1.08 bits per heavy atom. The van der Waals surface area contributed by atoms with Crippen molar-refractivity contribution in [2.45, 2.75) is 32.2 Å². The molecule has 2 aromatic carbocycles. The van der Waals surface area contributed by atoms with Gasteiger partial charge in [0.1, 0.15) is 0 Å². The van der Waals surface area contributed by atoms with Crippen molar-refractivity contribution in [3.8, 4) is 0 Å². The Balaban J connectivity index is 0.00000225. The van der Waals surface area contributed by atoms with Crippen LogP contribution in [0.2, 0.25) is 0 Å². The molecule has 1 unspecified atom stereocenters. The fraction of sp³-hybridized carbons (Fsp3) is 0.381. The molecule has 1 aliphatic rings. The summed E-state index contributed by atoms with van der Waals surface area (Å²) in [5.41, 5.74) is 9.29. The number of rotatable bonds is 5. The topological polar surface area (TPSA) is 55.1 Å². The summed E-state index contributed by atoms with van der Waals surface area (Å²) < 4.78 is 0. The van der Waals surface area contributed by atoms with Gasteiger partial charge in [0.2, 0.25) is 5.91 Å². The van der Waals surface area contributed by atoms with Crippen LogP contribution in [0.15, 0.2) is 54.6 Å². The highest BCUT2D eigenvalue weighted by atomic mass is 35.5. The first-order valence-corrected chi connectivity index (χ1v) is 8.81. The van der Waals surface area contributed by atoms with Crippen LogP contribution >= 0.6 is 12.4 Å². The molecule has 134 valence electrons. The zero-order chi connectivity index (χ0) is 16.9. The van der Waals surface area contributed by atoms with E-state index in [1.807, 2.05) is 18.2 Å². The van der Waals surface area contributed by atoms with Crippen LogP contribution in [0, 0.1) is 18.8 Å². The number of nitrogens with two attached hydrogens (primary N) is 1. The maximum absolute atomic E-state index is 12.9. The Morgan fingerprint density at radius 2 is 1.72 bits per heavy atom. The second-order valence-corrected chi connectivity index (χ2v) is 6.80. The number of hydrogen-bond donors (Lipinski definition) is 2. The Morgan fingerprint density at radius 3 is 2.36 bits per heavy atom. The first-order valence-electron chi connectivity index (χ1n) is 8.81. The Labute approximate surface area is 156 Å². The van der Waals surface area contributed by atoms with E-state index in [0.29, 0.717) is 12.5 Å². The maximum atomic E-state index is 12.9. The highest BCUT2D eigenvalue weighted by Gasteiger charge is 2.33. The monoisotopic (exact) mass is 358 g/mol. The number of hydrogen-bond acceptors (Lipinski definition) is 2. The van der Waals surface area contributed by atoms with Crippen LogP contribution in [-0.4, -0.2) is 12.5 Å². The molecule has 3 N–H and O–H groups in total. The molecule has 0 spiro atoms. The molecule has 1 amide bonds. The van der Waals surface area contributed by atoms with Crippen LogP contribution in [0.25, 0.3) is 0 Å². The average molecular weight is 359 g/mol. The summed E-state index contributed by atoms with van der Waals surface area (Å²) in [6, 6.07) is 18.4. The number of halogens is 1. The average Bonchev–Trinajstić information content (AvgIpc) is 3.10. The molecule has 1 fully saturated rings. The lowest BCUT2D eigenvalue weighted by atomic mass is 9.93. The lowest BCUT2D eigenvalue weighted by molar-refractivity contribution is -0.126. The van der Waals surface area contributed by atoms with Crippen LogP contribution < -0.4 is 11.1 Å². The summed E-state index contributed by atoms with van der Waals surface area (Å²) in [6.45, 7) is 2.67. The lowest BCUT2D eigenvalue weighted by Gasteiger charge is -2.24. The summed E-state index contributed by atoms with van der Waals surface area (Å²) in [5.74, 6) is 0.503. The van der Waals surface area contributed by atoms with Crippen molar-refractivity contribution in [3.05, 3.63) is 71.3 Å². The molecule has 3 rings (SSSR count). The number of carbonyl (C=O) groups excluding carboxylic acids is 1. The molecule has 0 heterocycles. The van der Waals surface area contributed by atoms with Gasteiger partial charge in [-0.25, -0.2) is 0 Å². The first-order chi connectivity index (χ1) is 11.7. The second-order valence-electron chi connectivity index (χ2n) is 6.80. The van der Waals surface area contributed by atoms with Gasteiger partial charge in [-0.3, -0.25) is 4.79 Å². The highest BCUT2D eigenvalue weighted by molar-refractivity contribution is 5.85. The molecule has 0 aromatic heterocycles. The van der Waals surface area contributed by atoms with E-state index in [1.54, 1.807) is 0 Å². The highest BCUT2D eigenvalue weighted by Crippen LogP contribution is 2.32. The molecule has 3 atom stereocenters. The van der Waals surface area contributed by atoms with Gasteiger partial charge < -0.3 is 11.1 Å². The predicted octanol–water partition coefficient (Wildman–Crippen LogP) is 4.00. The molecule has 2 aromatic rings. The summed E-state index contributed by atoms with van der Waals surface area (Å²) in [7, 11) is 0. The van der Waals surface area contributed by atoms with Gasteiger partial charge in [0.25, 0.3) is 0 Å². The largest absolute Gasteiger partial charge is 0.345 e. The maximum Gasteiger partial charge on any atom is 0.224 e. The second kappa shape index (κ2) is 9.02. The van der Waals surface area contributed by atoms with E-state index < -0.39 is 0 Å². The van der Waals surface area contributed by atoms with Gasteiger partial charge in [-0.1, -0.05) is 66.6 Å². The van der Waals surface area contributed by atoms with Gasteiger partial charge in [-0.2, -0.15) is 0 Å². The van der Waals surface area contributed by atoms with Crippen molar-refractivity contribution in [2.75, 3.05) is 6.54 Å². The van der Waals surface area contributed by atoms with Crippen LogP contribution in [0.3, 0.4) is 0 Å². The van der Waals surface area contributed by atoms with Crippen molar-refractivity contribution in [3.63, 3.8) is 0 Å². The molecule has 4 heteroatoms. The number of carbonyl (C=O) groups is 1. The zero-order valence-corrected chi connectivity index (χ0v) is 15.5. The minimum atomic E-state index is -0.113. The standard InChI is InChI=1S/C21H26N2O.ClH/c1-15-10-12-17(13-11-15)20(16-6-3-2-4-7-16)23-21(24)19-9-5-8-18(19)14-22;/h2-4,6-7,10-13,18-20H,5,8-9,14,22H2,1H3,(H,23,24);1H/t18-,19-,20?;/m1./s1.